The summed E-state index contributed by atoms with van der Waals surface area (Å²) >= 11 is 0. The third-order valence-corrected chi connectivity index (χ3v) is 2.89. The second-order valence-electron chi connectivity index (χ2n) is 4.74. The topological polar surface area (TPSA) is 80.5 Å². The van der Waals surface area contributed by atoms with Gasteiger partial charge in [-0.3, -0.25) is 0 Å². The fraction of sp³-hybridized carbons (Fsp3) is 0.462. The second-order valence-corrected chi connectivity index (χ2v) is 4.74. The molecule has 20 heavy (non-hydrogen) atoms. The summed E-state index contributed by atoms with van der Waals surface area (Å²) in [7, 11) is 3.99. The molecule has 0 aliphatic rings. The number of rotatable bonds is 7. The number of nitrogens with zero attached hydrogens (tertiary/aromatic N) is 4. The van der Waals surface area contributed by atoms with Crippen LogP contribution < -0.4 is 0 Å². The summed E-state index contributed by atoms with van der Waals surface area (Å²) in [6.07, 6.45) is 0. The van der Waals surface area contributed by atoms with E-state index in [0.29, 0.717) is 25.3 Å². The molecule has 0 spiro atoms. The van der Waals surface area contributed by atoms with Crippen LogP contribution in [0.25, 0.3) is 11.0 Å². The predicted molar refractivity (Wildman–Crippen MR) is 73.9 cm³/mol. The highest BCUT2D eigenvalue weighted by atomic mass is 16.5. The molecule has 0 unspecified atom stereocenters. The van der Waals surface area contributed by atoms with E-state index < -0.39 is 5.97 Å². The fourth-order valence-corrected chi connectivity index (χ4v) is 1.77. The lowest BCUT2D eigenvalue weighted by atomic mass is 10.2. The van der Waals surface area contributed by atoms with E-state index in [4.69, 9.17) is 9.84 Å². The first-order valence-electron chi connectivity index (χ1n) is 6.37. The summed E-state index contributed by atoms with van der Waals surface area (Å²) in [4.78, 5) is 12.9. The maximum absolute atomic E-state index is 10.9. The highest BCUT2D eigenvalue weighted by molar-refractivity contribution is 5.92. The van der Waals surface area contributed by atoms with E-state index in [1.807, 2.05) is 14.1 Å². The Bertz CT molecular complexity index is 594. The van der Waals surface area contributed by atoms with E-state index in [0.717, 1.165) is 12.1 Å². The molecule has 0 saturated carbocycles. The second kappa shape index (κ2) is 6.44. The predicted octanol–water partition coefficient (Wildman–Crippen LogP) is 0.708. The van der Waals surface area contributed by atoms with Gasteiger partial charge in [0, 0.05) is 6.54 Å². The van der Waals surface area contributed by atoms with Crippen LogP contribution in [0.5, 0.6) is 0 Å². The molecular formula is C13H18N4O3. The maximum Gasteiger partial charge on any atom is 0.335 e. The highest BCUT2D eigenvalue weighted by Gasteiger charge is 2.08. The van der Waals surface area contributed by atoms with Crippen LogP contribution in [0.1, 0.15) is 10.4 Å². The molecule has 1 heterocycles. The normalized spacial score (nSPS) is 11.3. The van der Waals surface area contributed by atoms with Crippen LogP contribution in [0.3, 0.4) is 0 Å². The van der Waals surface area contributed by atoms with Crippen molar-refractivity contribution >= 4 is 17.0 Å². The summed E-state index contributed by atoms with van der Waals surface area (Å²) in [5.74, 6) is -0.964. The van der Waals surface area contributed by atoms with Gasteiger partial charge in [0.2, 0.25) is 0 Å². The van der Waals surface area contributed by atoms with Crippen LogP contribution >= 0.6 is 0 Å². The lowest BCUT2D eigenvalue weighted by Gasteiger charge is -2.09. The van der Waals surface area contributed by atoms with Crippen molar-refractivity contribution in [1.29, 1.82) is 0 Å². The first-order valence-corrected chi connectivity index (χ1v) is 6.37. The lowest BCUT2D eigenvalue weighted by molar-refractivity contribution is 0.0697. The van der Waals surface area contributed by atoms with Gasteiger partial charge in [-0.25, -0.2) is 9.48 Å². The molecule has 2 aromatic rings. The molecule has 0 radical (unpaired) electrons. The Morgan fingerprint density at radius 3 is 2.90 bits per heavy atom. The van der Waals surface area contributed by atoms with Crippen molar-refractivity contribution in [3.8, 4) is 0 Å². The molecule has 0 aliphatic carbocycles. The Morgan fingerprint density at radius 2 is 2.20 bits per heavy atom. The molecule has 0 fully saturated rings. The molecule has 0 aliphatic heterocycles. The molecule has 0 saturated heterocycles. The minimum absolute atomic E-state index is 0.215. The van der Waals surface area contributed by atoms with Crippen molar-refractivity contribution in [3.63, 3.8) is 0 Å². The number of benzene rings is 1. The molecule has 1 N–H and O–H groups in total. The minimum atomic E-state index is -0.964. The molecule has 7 heteroatoms. The van der Waals surface area contributed by atoms with Crippen LogP contribution in [-0.4, -0.2) is 64.8 Å². The van der Waals surface area contributed by atoms with Crippen molar-refractivity contribution in [2.75, 3.05) is 33.9 Å². The number of fused-ring (bicyclic) bond motifs is 1. The third kappa shape index (κ3) is 3.52. The third-order valence-electron chi connectivity index (χ3n) is 2.89. The van der Waals surface area contributed by atoms with Crippen LogP contribution in [-0.2, 0) is 11.3 Å². The summed E-state index contributed by atoms with van der Waals surface area (Å²) in [6.45, 7) is 2.69. The van der Waals surface area contributed by atoms with Gasteiger partial charge in [-0.15, -0.1) is 5.10 Å². The zero-order valence-electron chi connectivity index (χ0n) is 11.6. The summed E-state index contributed by atoms with van der Waals surface area (Å²) in [5, 5.41) is 16.9. The standard InChI is InChI=1S/C13H18N4O3/c1-16(2)5-7-20-8-6-17-12-4-3-10(13(18)19)9-11(12)14-15-17/h3-4,9H,5-8H2,1-2H3,(H,18,19). The van der Waals surface area contributed by atoms with Crippen LogP contribution in [0.2, 0.25) is 0 Å². The molecule has 0 amide bonds. The van der Waals surface area contributed by atoms with Crippen LogP contribution in [0, 0.1) is 0 Å². The molecule has 2 rings (SSSR count). The number of carboxylic acids is 1. The van der Waals surface area contributed by atoms with Gasteiger partial charge in [-0.1, -0.05) is 5.21 Å². The largest absolute Gasteiger partial charge is 0.478 e. The number of aromatic carboxylic acids is 1. The van der Waals surface area contributed by atoms with E-state index in [1.165, 1.54) is 6.07 Å². The van der Waals surface area contributed by atoms with E-state index in [1.54, 1.807) is 16.8 Å². The number of carbonyl (C=O) groups is 1. The summed E-state index contributed by atoms with van der Waals surface area (Å²) < 4.78 is 7.22. The first-order chi connectivity index (χ1) is 9.58. The van der Waals surface area contributed by atoms with Crippen molar-refractivity contribution in [3.05, 3.63) is 23.8 Å². The highest BCUT2D eigenvalue weighted by Crippen LogP contribution is 2.13. The smallest absolute Gasteiger partial charge is 0.335 e. The van der Waals surface area contributed by atoms with Crippen molar-refractivity contribution < 1.29 is 14.6 Å². The lowest BCUT2D eigenvalue weighted by Crippen LogP contribution is -2.19. The molecule has 1 aromatic carbocycles. The van der Waals surface area contributed by atoms with Gasteiger partial charge in [0.15, 0.2) is 0 Å². The Hall–Kier alpha value is -1.99. The number of ether oxygens (including phenoxy) is 1. The first kappa shape index (κ1) is 14.4. The number of likely N-dealkylation sites (N-methyl/N-ethyl adjacent to an activating group) is 1. The molecule has 7 nitrogen and oxygen atoms in total. The molecule has 0 atom stereocenters. The Morgan fingerprint density at radius 1 is 1.40 bits per heavy atom. The van der Waals surface area contributed by atoms with Gasteiger partial charge < -0.3 is 14.7 Å². The average Bonchev–Trinajstić information content (AvgIpc) is 2.80. The number of aromatic nitrogens is 3. The quantitative estimate of drug-likeness (QED) is 0.751. The average molecular weight is 278 g/mol. The zero-order chi connectivity index (χ0) is 14.5. The van der Waals surface area contributed by atoms with Crippen molar-refractivity contribution in [1.82, 2.24) is 19.9 Å². The van der Waals surface area contributed by atoms with Gasteiger partial charge >= 0.3 is 5.97 Å². The van der Waals surface area contributed by atoms with Crippen LogP contribution in [0.15, 0.2) is 18.2 Å². The molecular weight excluding hydrogens is 260 g/mol. The maximum atomic E-state index is 10.9. The summed E-state index contributed by atoms with van der Waals surface area (Å²) in [5.41, 5.74) is 1.61. The molecule has 0 bridgehead atoms. The van der Waals surface area contributed by atoms with Crippen molar-refractivity contribution in [2.45, 2.75) is 6.54 Å². The fourth-order valence-electron chi connectivity index (χ4n) is 1.77. The SMILES string of the molecule is CN(C)CCOCCn1nnc2cc(C(=O)O)ccc21. The summed E-state index contributed by atoms with van der Waals surface area (Å²) in [6, 6.07) is 4.80. The number of hydrogen-bond donors (Lipinski definition) is 1. The monoisotopic (exact) mass is 278 g/mol. The Kier molecular flexibility index (Phi) is 4.65. The Labute approximate surface area is 116 Å². The Balaban J connectivity index is 1.96. The number of carboxylic acid groups (broad SMARTS) is 1. The van der Waals surface area contributed by atoms with E-state index in [9.17, 15) is 4.79 Å². The van der Waals surface area contributed by atoms with E-state index >= 15 is 0 Å². The van der Waals surface area contributed by atoms with Gasteiger partial charge in [-0.05, 0) is 32.3 Å². The van der Waals surface area contributed by atoms with Gasteiger partial charge in [-0.2, -0.15) is 0 Å². The minimum Gasteiger partial charge on any atom is -0.478 e. The van der Waals surface area contributed by atoms with E-state index in [-0.39, 0.29) is 5.56 Å². The molecule has 1 aromatic heterocycles. The van der Waals surface area contributed by atoms with Gasteiger partial charge in [0.05, 0.1) is 30.8 Å². The van der Waals surface area contributed by atoms with Gasteiger partial charge in [0.25, 0.3) is 0 Å². The molecule has 108 valence electrons. The van der Waals surface area contributed by atoms with Gasteiger partial charge in [0.1, 0.15) is 5.52 Å². The van der Waals surface area contributed by atoms with E-state index in [2.05, 4.69) is 15.2 Å². The zero-order valence-corrected chi connectivity index (χ0v) is 11.6. The van der Waals surface area contributed by atoms with Crippen molar-refractivity contribution in [2.24, 2.45) is 0 Å². The number of hydrogen-bond acceptors (Lipinski definition) is 5. The van der Waals surface area contributed by atoms with Crippen LogP contribution in [0.4, 0.5) is 0 Å².